The lowest BCUT2D eigenvalue weighted by molar-refractivity contribution is -0.121. The summed E-state index contributed by atoms with van der Waals surface area (Å²) in [6.45, 7) is 3.11. The molecule has 6 nitrogen and oxygen atoms in total. The third kappa shape index (κ3) is 4.03. The fraction of sp³-hybridized carbons (Fsp3) is 0.467. The van der Waals surface area contributed by atoms with E-state index in [-0.39, 0.29) is 18.4 Å². The molecule has 0 aromatic heterocycles. The number of hydrogen-bond acceptors (Lipinski definition) is 4. The zero-order chi connectivity index (χ0) is 15.2. The van der Waals surface area contributed by atoms with Crippen LogP contribution >= 0.6 is 0 Å². The maximum absolute atomic E-state index is 11.7. The van der Waals surface area contributed by atoms with Gasteiger partial charge in [0.2, 0.25) is 11.8 Å². The van der Waals surface area contributed by atoms with Gasteiger partial charge in [-0.2, -0.15) is 0 Å². The SMILES string of the molecule is COCCOCC(=O)Nc1ccc2c(c1)CCN2C(C)=O. The van der Waals surface area contributed by atoms with Crippen LogP contribution in [0.1, 0.15) is 12.5 Å². The number of hydrogen-bond donors (Lipinski definition) is 1. The molecule has 0 saturated heterocycles. The van der Waals surface area contributed by atoms with Crippen LogP contribution in [0.3, 0.4) is 0 Å². The number of anilines is 2. The Morgan fingerprint density at radius 1 is 1.33 bits per heavy atom. The largest absolute Gasteiger partial charge is 0.382 e. The van der Waals surface area contributed by atoms with Crippen molar-refractivity contribution in [2.45, 2.75) is 13.3 Å². The summed E-state index contributed by atoms with van der Waals surface area (Å²) in [6, 6.07) is 5.57. The highest BCUT2D eigenvalue weighted by molar-refractivity contribution is 5.95. The summed E-state index contributed by atoms with van der Waals surface area (Å²) in [5, 5.41) is 2.78. The molecule has 0 bridgehead atoms. The number of carbonyl (C=O) groups excluding carboxylic acids is 2. The number of methoxy groups -OCH3 is 1. The normalized spacial score (nSPS) is 13.1. The molecule has 1 heterocycles. The first-order valence-electron chi connectivity index (χ1n) is 6.89. The molecule has 1 aliphatic rings. The highest BCUT2D eigenvalue weighted by Crippen LogP contribution is 2.30. The standard InChI is InChI=1S/C15H20N2O4/c1-11(18)17-6-5-12-9-13(3-4-14(12)17)16-15(19)10-21-8-7-20-2/h3-4,9H,5-8,10H2,1-2H3,(H,16,19). The molecular weight excluding hydrogens is 272 g/mol. The average molecular weight is 292 g/mol. The van der Waals surface area contributed by atoms with E-state index in [4.69, 9.17) is 9.47 Å². The Morgan fingerprint density at radius 3 is 2.86 bits per heavy atom. The van der Waals surface area contributed by atoms with Crippen LogP contribution in [0.5, 0.6) is 0 Å². The quantitative estimate of drug-likeness (QED) is 0.800. The predicted molar refractivity (Wildman–Crippen MR) is 79.5 cm³/mol. The van der Waals surface area contributed by atoms with E-state index in [1.807, 2.05) is 12.1 Å². The fourth-order valence-corrected chi connectivity index (χ4v) is 2.31. The number of rotatable bonds is 6. The molecule has 21 heavy (non-hydrogen) atoms. The number of fused-ring (bicyclic) bond motifs is 1. The van der Waals surface area contributed by atoms with Crippen LogP contribution in [0, 0.1) is 0 Å². The molecule has 0 radical (unpaired) electrons. The second-order valence-electron chi connectivity index (χ2n) is 4.86. The Balaban J connectivity index is 1.91. The number of nitrogens with one attached hydrogen (secondary N) is 1. The summed E-state index contributed by atoms with van der Waals surface area (Å²) in [5.41, 5.74) is 2.72. The third-order valence-electron chi connectivity index (χ3n) is 3.30. The molecule has 1 aromatic carbocycles. The molecule has 2 rings (SSSR count). The Kier molecular flexibility index (Phi) is 5.30. The van der Waals surface area contributed by atoms with Crippen molar-refractivity contribution in [1.29, 1.82) is 0 Å². The summed E-state index contributed by atoms with van der Waals surface area (Å²) >= 11 is 0. The molecule has 0 fully saturated rings. The fourth-order valence-electron chi connectivity index (χ4n) is 2.31. The topological polar surface area (TPSA) is 67.9 Å². The molecule has 0 aliphatic carbocycles. The van der Waals surface area contributed by atoms with Crippen molar-refractivity contribution in [1.82, 2.24) is 0 Å². The second kappa shape index (κ2) is 7.19. The maximum Gasteiger partial charge on any atom is 0.250 e. The van der Waals surface area contributed by atoms with Crippen LogP contribution in [-0.2, 0) is 25.5 Å². The second-order valence-corrected chi connectivity index (χ2v) is 4.86. The van der Waals surface area contributed by atoms with Gasteiger partial charge >= 0.3 is 0 Å². The lowest BCUT2D eigenvalue weighted by Gasteiger charge is -2.15. The van der Waals surface area contributed by atoms with E-state index < -0.39 is 0 Å². The van der Waals surface area contributed by atoms with Gasteiger partial charge in [-0.1, -0.05) is 0 Å². The average Bonchev–Trinajstić information content (AvgIpc) is 2.87. The highest BCUT2D eigenvalue weighted by Gasteiger charge is 2.22. The van der Waals surface area contributed by atoms with Crippen molar-refractivity contribution in [3.63, 3.8) is 0 Å². The lowest BCUT2D eigenvalue weighted by Crippen LogP contribution is -2.25. The van der Waals surface area contributed by atoms with Gasteiger partial charge in [0.05, 0.1) is 13.2 Å². The van der Waals surface area contributed by atoms with E-state index in [9.17, 15) is 9.59 Å². The smallest absolute Gasteiger partial charge is 0.250 e. The number of benzene rings is 1. The van der Waals surface area contributed by atoms with Gasteiger partial charge in [-0.15, -0.1) is 0 Å². The Morgan fingerprint density at radius 2 is 2.14 bits per heavy atom. The molecule has 0 saturated carbocycles. The van der Waals surface area contributed by atoms with Crippen molar-refractivity contribution >= 4 is 23.2 Å². The Bertz CT molecular complexity index is 530. The summed E-state index contributed by atoms with van der Waals surface area (Å²) in [4.78, 5) is 24.9. The van der Waals surface area contributed by atoms with Gasteiger partial charge < -0.3 is 19.7 Å². The van der Waals surface area contributed by atoms with E-state index in [0.717, 1.165) is 23.4 Å². The number of nitrogens with zero attached hydrogens (tertiary/aromatic N) is 1. The van der Waals surface area contributed by atoms with E-state index >= 15 is 0 Å². The predicted octanol–water partition coefficient (Wildman–Crippen LogP) is 1.20. The van der Waals surface area contributed by atoms with E-state index in [2.05, 4.69) is 5.32 Å². The molecule has 0 atom stereocenters. The van der Waals surface area contributed by atoms with Crippen LogP contribution in [-0.4, -0.2) is 45.3 Å². The van der Waals surface area contributed by atoms with Crippen molar-refractivity contribution in [3.05, 3.63) is 23.8 Å². The van der Waals surface area contributed by atoms with Crippen molar-refractivity contribution in [2.24, 2.45) is 0 Å². The molecule has 6 heteroatoms. The van der Waals surface area contributed by atoms with Crippen LogP contribution in [0.2, 0.25) is 0 Å². The van der Waals surface area contributed by atoms with Gasteiger partial charge in [-0.25, -0.2) is 0 Å². The molecule has 114 valence electrons. The van der Waals surface area contributed by atoms with Gasteiger partial charge in [0.25, 0.3) is 0 Å². The van der Waals surface area contributed by atoms with Gasteiger partial charge in [-0.05, 0) is 30.2 Å². The summed E-state index contributed by atoms with van der Waals surface area (Å²) in [5.74, 6) is -0.162. The van der Waals surface area contributed by atoms with E-state index in [1.165, 1.54) is 0 Å². The lowest BCUT2D eigenvalue weighted by atomic mass is 10.1. The first kappa shape index (κ1) is 15.5. The zero-order valence-electron chi connectivity index (χ0n) is 12.3. The van der Waals surface area contributed by atoms with Gasteiger partial charge in [-0.3, -0.25) is 9.59 Å². The molecule has 1 N–H and O–H groups in total. The summed E-state index contributed by atoms with van der Waals surface area (Å²) < 4.78 is 9.99. The number of carbonyl (C=O) groups is 2. The van der Waals surface area contributed by atoms with E-state index in [0.29, 0.717) is 19.8 Å². The van der Waals surface area contributed by atoms with Gasteiger partial charge in [0, 0.05) is 32.0 Å². The van der Waals surface area contributed by atoms with Crippen molar-refractivity contribution in [2.75, 3.05) is 43.7 Å². The first-order chi connectivity index (χ1) is 10.1. The molecule has 1 aliphatic heterocycles. The minimum atomic E-state index is -0.201. The Labute approximate surface area is 124 Å². The third-order valence-corrected chi connectivity index (χ3v) is 3.30. The van der Waals surface area contributed by atoms with Crippen LogP contribution in [0.4, 0.5) is 11.4 Å². The molecule has 1 aromatic rings. The van der Waals surface area contributed by atoms with Crippen molar-refractivity contribution < 1.29 is 19.1 Å². The summed E-state index contributed by atoms with van der Waals surface area (Å²) in [6.07, 6.45) is 0.808. The van der Waals surface area contributed by atoms with Crippen LogP contribution in [0.25, 0.3) is 0 Å². The maximum atomic E-state index is 11.7. The molecule has 0 unspecified atom stereocenters. The highest BCUT2D eigenvalue weighted by atomic mass is 16.5. The minimum absolute atomic E-state index is 0.0000156. The Hall–Kier alpha value is -1.92. The number of ether oxygens (including phenoxy) is 2. The first-order valence-corrected chi connectivity index (χ1v) is 6.89. The molecular formula is C15H20N2O4. The molecule has 0 spiro atoms. The zero-order valence-corrected chi connectivity index (χ0v) is 12.3. The van der Waals surface area contributed by atoms with Crippen LogP contribution < -0.4 is 10.2 Å². The molecule has 2 amide bonds. The van der Waals surface area contributed by atoms with Crippen LogP contribution in [0.15, 0.2) is 18.2 Å². The van der Waals surface area contributed by atoms with Gasteiger partial charge in [0.15, 0.2) is 0 Å². The van der Waals surface area contributed by atoms with Crippen molar-refractivity contribution in [3.8, 4) is 0 Å². The summed E-state index contributed by atoms with van der Waals surface area (Å²) in [7, 11) is 1.58. The monoisotopic (exact) mass is 292 g/mol. The van der Waals surface area contributed by atoms with E-state index in [1.54, 1.807) is 25.0 Å². The van der Waals surface area contributed by atoms with Gasteiger partial charge in [0.1, 0.15) is 6.61 Å². The minimum Gasteiger partial charge on any atom is -0.382 e. The number of amides is 2.